The van der Waals surface area contributed by atoms with Gasteiger partial charge in [-0.2, -0.15) is 0 Å². The molecule has 0 aliphatic rings. The summed E-state index contributed by atoms with van der Waals surface area (Å²) in [6.45, 7) is 4.87. The minimum atomic E-state index is -0.668. The number of ether oxygens (including phenoxy) is 1. The zero-order valence-electron chi connectivity index (χ0n) is 48.7. The second-order valence-corrected chi connectivity index (χ2v) is 22.5. The third kappa shape index (κ3) is 57.6. The first-order chi connectivity index (χ1) is 35.5. The number of allylic oxidation sites excluding steroid dienone is 3. The van der Waals surface area contributed by atoms with Crippen molar-refractivity contribution < 1.29 is 24.5 Å². The van der Waals surface area contributed by atoms with Crippen molar-refractivity contribution in [1.29, 1.82) is 0 Å². The number of unbranched alkanes of at least 4 members (excludes halogenated alkanes) is 46. The molecule has 2 atom stereocenters. The van der Waals surface area contributed by atoms with Gasteiger partial charge < -0.3 is 20.3 Å². The highest BCUT2D eigenvalue weighted by Gasteiger charge is 2.20. The van der Waals surface area contributed by atoms with Crippen LogP contribution in [-0.4, -0.2) is 47.4 Å². The summed E-state index contributed by atoms with van der Waals surface area (Å²) in [7, 11) is 0. The van der Waals surface area contributed by atoms with Crippen LogP contribution in [0.2, 0.25) is 0 Å². The molecule has 0 aromatic heterocycles. The maximum Gasteiger partial charge on any atom is 0.305 e. The summed E-state index contributed by atoms with van der Waals surface area (Å²) in [5.41, 5.74) is 0. The first-order valence-corrected chi connectivity index (χ1v) is 32.6. The number of nitrogens with one attached hydrogen (secondary N) is 1. The summed E-state index contributed by atoms with van der Waals surface area (Å²) in [5.74, 6) is -0.0688. The molecule has 1 amide bonds. The van der Waals surface area contributed by atoms with Gasteiger partial charge in [0.2, 0.25) is 5.91 Å². The Kier molecular flexibility index (Phi) is 60.5. The summed E-state index contributed by atoms with van der Waals surface area (Å²) in [4.78, 5) is 24.5. The lowest BCUT2D eigenvalue weighted by Gasteiger charge is -2.22. The molecule has 0 aromatic carbocycles. The number of hydrogen-bond donors (Lipinski definition) is 3. The molecule has 6 nitrogen and oxygen atoms in total. The van der Waals surface area contributed by atoms with E-state index in [-0.39, 0.29) is 18.5 Å². The molecule has 0 bridgehead atoms. The van der Waals surface area contributed by atoms with Crippen molar-refractivity contribution in [3.63, 3.8) is 0 Å². The van der Waals surface area contributed by atoms with Gasteiger partial charge in [0, 0.05) is 12.8 Å². The van der Waals surface area contributed by atoms with Crippen LogP contribution in [-0.2, 0) is 14.3 Å². The molecule has 0 radical (unpaired) electrons. The summed E-state index contributed by atoms with van der Waals surface area (Å²) < 4.78 is 5.42. The molecule has 3 N–H and O–H groups in total. The first-order valence-electron chi connectivity index (χ1n) is 32.6. The van der Waals surface area contributed by atoms with Gasteiger partial charge in [0.05, 0.1) is 25.4 Å². The van der Waals surface area contributed by atoms with E-state index >= 15 is 0 Å². The number of aliphatic hydroxyl groups is 2. The fourth-order valence-electron chi connectivity index (χ4n) is 10.3. The average Bonchev–Trinajstić information content (AvgIpc) is 3.38. The van der Waals surface area contributed by atoms with Gasteiger partial charge in [-0.1, -0.05) is 327 Å². The van der Waals surface area contributed by atoms with Gasteiger partial charge in [-0.05, 0) is 44.9 Å². The third-order valence-electron chi connectivity index (χ3n) is 15.3. The van der Waals surface area contributed by atoms with Crippen LogP contribution in [0.4, 0.5) is 0 Å². The van der Waals surface area contributed by atoms with Crippen molar-refractivity contribution in [1.82, 2.24) is 5.32 Å². The van der Waals surface area contributed by atoms with E-state index in [1.54, 1.807) is 0 Å². The van der Waals surface area contributed by atoms with Gasteiger partial charge in [-0.15, -0.1) is 0 Å². The van der Waals surface area contributed by atoms with E-state index in [4.69, 9.17) is 4.74 Å². The second-order valence-electron chi connectivity index (χ2n) is 22.5. The molecular weight excluding hydrogens is 887 g/mol. The van der Waals surface area contributed by atoms with Crippen LogP contribution in [0, 0.1) is 0 Å². The van der Waals surface area contributed by atoms with Crippen molar-refractivity contribution in [3.05, 3.63) is 24.3 Å². The van der Waals surface area contributed by atoms with Crippen LogP contribution in [0.1, 0.15) is 361 Å². The number of rotatable bonds is 61. The quantitative estimate of drug-likeness (QED) is 0.0320. The number of esters is 1. The predicted molar refractivity (Wildman–Crippen MR) is 315 cm³/mol. The van der Waals surface area contributed by atoms with Crippen LogP contribution >= 0.6 is 0 Å². The number of aliphatic hydroxyl groups excluding tert-OH is 2. The lowest BCUT2D eigenvalue weighted by atomic mass is 10.0. The van der Waals surface area contributed by atoms with Crippen molar-refractivity contribution in [2.75, 3.05) is 13.2 Å². The van der Waals surface area contributed by atoms with Crippen LogP contribution in [0.5, 0.6) is 0 Å². The molecule has 0 aliphatic heterocycles. The molecule has 72 heavy (non-hydrogen) atoms. The molecule has 0 rings (SSSR count). The largest absolute Gasteiger partial charge is 0.465 e. The van der Waals surface area contributed by atoms with Crippen molar-refractivity contribution >= 4 is 11.9 Å². The molecule has 0 spiro atoms. The van der Waals surface area contributed by atoms with E-state index in [1.165, 1.54) is 276 Å². The van der Waals surface area contributed by atoms with E-state index in [9.17, 15) is 19.8 Å². The van der Waals surface area contributed by atoms with Crippen LogP contribution in [0.15, 0.2) is 24.3 Å². The molecule has 0 saturated heterocycles. The topological polar surface area (TPSA) is 95.9 Å². The Hall–Kier alpha value is -1.66. The van der Waals surface area contributed by atoms with Gasteiger partial charge >= 0.3 is 5.97 Å². The monoisotopic (exact) mass is 1010 g/mol. The molecule has 0 heterocycles. The minimum absolute atomic E-state index is 0.0329. The number of amides is 1. The molecule has 0 aliphatic carbocycles. The number of carbonyl (C=O) groups is 2. The van der Waals surface area contributed by atoms with E-state index in [0.717, 1.165) is 51.4 Å². The van der Waals surface area contributed by atoms with Gasteiger partial charge in [0.1, 0.15) is 0 Å². The van der Waals surface area contributed by atoms with E-state index < -0.39 is 12.1 Å². The van der Waals surface area contributed by atoms with Crippen molar-refractivity contribution in [3.8, 4) is 0 Å². The summed E-state index contributed by atoms with van der Waals surface area (Å²) in [5, 5.41) is 23.4. The van der Waals surface area contributed by atoms with Gasteiger partial charge in [-0.3, -0.25) is 9.59 Å². The Bertz CT molecular complexity index is 1120. The average molecular weight is 1010 g/mol. The highest BCUT2D eigenvalue weighted by molar-refractivity contribution is 5.76. The Morgan fingerprint density at radius 3 is 1.06 bits per heavy atom. The molecule has 0 fully saturated rings. The zero-order valence-corrected chi connectivity index (χ0v) is 48.7. The molecule has 6 heteroatoms. The van der Waals surface area contributed by atoms with Gasteiger partial charge in [-0.25, -0.2) is 0 Å². The van der Waals surface area contributed by atoms with Gasteiger partial charge in [0.15, 0.2) is 0 Å². The fraction of sp³-hybridized carbons (Fsp3) is 0.909. The zero-order chi connectivity index (χ0) is 52.2. The molecule has 426 valence electrons. The van der Waals surface area contributed by atoms with Crippen LogP contribution in [0.25, 0.3) is 0 Å². The lowest BCUT2D eigenvalue weighted by molar-refractivity contribution is -0.143. The van der Waals surface area contributed by atoms with E-state index in [1.807, 2.05) is 0 Å². The van der Waals surface area contributed by atoms with E-state index in [0.29, 0.717) is 25.9 Å². The molecule has 0 aromatic rings. The normalized spacial score (nSPS) is 12.7. The summed E-state index contributed by atoms with van der Waals surface area (Å²) in [6.07, 6.45) is 76.4. The lowest BCUT2D eigenvalue weighted by Crippen LogP contribution is -2.45. The van der Waals surface area contributed by atoms with E-state index in [2.05, 4.69) is 43.5 Å². The summed E-state index contributed by atoms with van der Waals surface area (Å²) >= 11 is 0. The molecule has 2 unspecified atom stereocenters. The maximum absolute atomic E-state index is 12.5. The first kappa shape index (κ1) is 70.3. The standard InChI is InChI=1S/C66H127NO5/c1-3-5-7-9-11-13-15-17-18-19-20-22-25-28-31-35-38-42-46-50-54-58-64(69)63(62-68)67-65(70)59-55-51-47-43-39-36-32-29-26-23-21-24-27-30-33-37-41-45-49-53-57-61-72-66(71)60-56-52-48-44-40-34-16-14-12-10-8-6-4-2/h37,41,49,53,63-64,68-69H,3-36,38-40,42-48,50-52,54-62H2,1-2H3,(H,67,70)/b41-37-,53-49-. The number of hydrogen-bond acceptors (Lipinski definition) is 5. The fourth-order valence-corrected chi connectivity index (χ4v) is 10.3. The highest BCUT2D eigenvalue weighted by atomic mass is 16.5. The maximum atomic E-state index is 12.5. The van der Waals surface area contributed by atoms with Crippen LogP contribution in [0.3, 0.4) is 0 Å². The third-order valence-corrected chi connectivity index (χ3v) is 15.3. The Morgan fingerprint density at radius 2 is 0.694 bits per heavy atom. The Morgan fingerprint density at radius 1 is 0.389 bits per heavy atom. The smallest absolute Gasteiger partial charge is 0.305 e. The SMILES string of the molecule is CCCCCCCCCCCCCCCCCCCCCCCC(O)C(CO)NC(=O)CCCCCCCCCCCCCCCC/C=C\C/C=C\CCOC(=O)CCCCCCCCCCCCCCC. The predicted octanol–water partition coefficient (Wildman–Crippen LogP) is 20.6. The van der Waals surface area contributed by atoms with Crippen molar-refractivity contribution in [2.24, 2.45) is 0 Å². The highest BCUT2D eigenvalue weighted by Crippen LogP contribution is 2.18. The molecule has 0 saturated carbocycles. The van der Waals surface area contributed by atoms with Crippen LogP contribution < -0.4 is 5.32 Å². The minimum Gasteiger partial charge on any atom is -0.465 e. The summed E-state index contributed by atoms with van der Waals surface area (Å²) in [6, 6.07) is -0.546. The second kappa shape index (κ2) is 61.9. The Balaban J connectivity index is 3.44. The van der Waals surface area contributed by atoms with Gasteiger partial charge in [0.25, 0.3) is 0 Å². The molecular formula is C66H127NO5. The van der Waals surface area contributed by atoms with Crippen molar-refractivity contribution in [2.45, 2.75) is 373 Å². The Labute approximate surface area is 450 Å². The number of carbonyl (C=O) groups excluding carboxylic acids is 2.